The number of hydrogen-bond acceptors (Lipinski definition) is 8. The van der Waals surface area contributed by atoms with E-state index in [1.165, 1.54) is 12.1 Å². The van der Waals surface area contributed by atoms with Crippen LogP contribution in [-0.2, 0) is 9.84 Å². The van der Waals surface area contributed by atoms with Crippen molar-refractivity contribution in [1.82, 2.24) is 9.97 Å². The van der Waals surface area contributed by atoms with Crippen molar-refractivity contribution in [2.75, 3.05) is 12.8 Å². The molecule has 1 aromatic heterocycles. The Hall–Kier alpha value is -2.11. The maximum absolute atomic E-state index is 14.1. The third kappa shape index (κ3) is 3.84. The van der Waals surface area contributed by atoms with E-state index in [0.717, 1.165) is 23.9 Å². The van der Waals surface area contributed by atoms with Crippen LogP contribution in [0.3, 0.4) is 0 Å². The van der Waals surface area contributed by atoms with Gasteiger partial charge in [0.2, 0.25) is 5.15 Å². The molecule has 0 aliphatic rings. The smallest absolute Gasteiger partial charge is 0.299 e. The van der Waals surface area contributed by atoms with Gasteiger partial charge in [-0.1, -0.05) is 35.5 Å². The summed E-state index contributed by atoms with van der Waals surface area (Å²) in [6, 6.07) is 4.69. The van der Waals surface area contributed by atoms with Crippen LogP contribution in [0.1, 0.15) is 10.9 Å². The monoisotopic (exact) mass is 418 g/mol. The van der Waals surface area contributed by atoms with E-state index < -0.39 is 53.8 Å². The summed E-state index contributed by atoms with van der Waals surface area (Å²) in [5.74, 6) is -0.991. The van der Waals surface area contributed by atoms with Gasteiger partial charge in [0.05, 0.1) is 11.5 Å². The number of halogens is 2. The predicted octanol–water partition coefficient (Wildman–Crippen LogP) is 3.11. The van der Waals surface area contributed by atoms with Gasteiger partial charge in [0.1, 0.15) is 21.7 Å². The number of aromatic nitrogens is 2. The van der Waals surface area contributed by atoms with E-state index in [2.05, 4.69) is 21.7 Å². The highest BCUT2D eigenvalue weighted by atomic mass is 35.5. The number of thioether (sulfide) groups is 1. The fourth-order valence-electron chi connectivity index (χ4n) is 2.19. The lowest BCUT2D eigenvalue weighted by Gasteiger charge is -2.16. The molecule has 2 rings (SSSR count). The predicted molar refractivity (Wildman–Crippen MR) is 96.2 cm³/mol. The molecule has 0 saturated carbocycles. The van der Waals surface area contributed by atoms with Crippen molar-refractivity contribution >= 4 is 45.6 Å². The molecule has 0 spiro atoms. The molecule has 26 heavy (non-hydrogen) atoms. The molecule has 1 atom stereocenters. The lowest BCUT2D eigenvalue weighted by molar-refractivity contribution is -0.386. The van der Waals surface area contributed by atoms with Crippen LogP contribution in [0, 0.1) is 15.9 Å². The molecule has 0 fully saturated rings. The van der Waals surface area contributed by atoms with Crippen molar-refractivity contribution in [3.63, 3.8) is 0 Å². The lowest BCUT2D eigenvalue weighted by atomic mass is 10.2. The van der Waals surface area contributed by atoms with Crippen LogP contribution in [0.15, 0.2) is 39.3 Å². The summed E-state index contributed by atoms with van der Waals surface area (Å²) in [5.41, 5.74) is -1.23. The van der Waals surface area contributed by atoms with Crippen molar-refractivity contribution in [2.45, 2.75) is 15.3 Å². The van der Waals surface area contributed by atoms with E-state index in [-0.39, 0.29) is 5.16 Å². The third-order valence-electron chi connectivity index (χ3n) is 3.33. The first-order chi connectivity index (χ1) is 12.2. The van der Waals surface area contributed by atoms with Crippen LogP contribution in [0.4, 0.5) is 10.1 Å². The second-order valence-corrected chi connectivity index (χ2v) is 8.09. The molecule has 2 aromatic rings. The summed E-state index contributed by atoms with van der Waals surface area (Å²) in [4.78, 5) is 21.1. The highest BCUT2D eigenvalue weighted by Gasteiger charge is 2.39. The number of nitrogens with zero attached hydrogens (tertiary/aromatic N) is 4. The van der Waals surface area contributed by atoms with Crippen molar-refractivity contribution in [2.24, 2.45) is 4.99 Å². The molecular weight excluding hydrogens is 407 g/mol. The topological polar surface area (TPSA) is 115 Å². The van der Waals surface area contributed by atoms with Crippen LogP contribution in [-0.4, -0.2) is 42.8 Å². The Balaban J connectivity index is 2.79. The maximum Gasteiger partial charge on any atom is 0.329 e. The molecule has 8 nitrogen and oxygen atoms in total. The Kier molecular flexibility index (Phi) is 6.26. The third-order valence-corrected chi connectivity index (χ3v) is 6.21. The van der Waals surface area contributed by atoms with E-state index in [1.807, 2.05) is 0 Å². The zero-order valence-corrected chi connectivity index (χ0v) is 15.7. The molecule has 1 unspecified atom stereocenters. The fraction of sp³-hybridized carbons (Fsp3) is 0.214. The standard InChI is InChI=1S/C14H12ClFN4O4S2/c1-17-7-10(26(23,24)9-6-4-3-5-8(9)16)11-12(20(21)22)13(15)19-14(18-11)25-2/h3-6,10H,1,7H2,2H3. The second-order valence-electron chi connectivity index (χ2n) is 4.86. The van der Waals surface area contributed by atoms with Crippen molar-refractivity contribution < 1.29 is 17.7 Å². The molecule has 0 amide bonds. The van der Waals surface area contributed by atoms with Gasteiger partial charge >= 0.3 is 5.69 Å². The summed E-state index contributed by atoms with van der Waals surface area (Å²) < 4.78 is 40.0. The van der Waals surface area contributed by atoms with E-state index in [9.17, 15) is 22.9 Å². The van der Waals surface area contributed by atoms with Gasteiger partial charge in [0.15, 0.2) is 15.0 Å². The Bertz CT molecular complexity index is 971. The second kappa shape index (κ2) is 8.06. The molecule has 12 heteroatoms. The van der Waals surface area contributed by atoms with Gasteiger partial charge in [0.25, 0.3) is 0 Å². The molecule has 0 radical (unpaired) electrons. The highest BCUT2D eigenvalue weighted by molar-refractivity contribution is 7.98. The van der Waals surface area contributed by atoms with Crippen molar-refractivity contribution in [1.29, 1.82) is 0 Å². The van der Waals surface area contributed by atoms with Crippen LogP contribution in [0.25, 0.3) is 0 Å². The number of hydrogen-bond donors (Lipinski definition) is 0. The molecule has 138 valence electrons. The Morgan fingerprint density at radius 3 is 2.62 bits per heavy atom. The van der Waals surface area contributed by atoms with Crippen LogP contribution in [0.2, 0.25) is 5.15 Å². The SMILES string of the molecule is C=NCC(c1nc(SC)nc(Cl)c1[N+](=O)[O-])S(=O)(=O)c1ccccc1F. The van der Waals surface area contributed by atoms with Gasteiger partial charge in [-0.05, 0) is 25.1 Å². The van der Waals surface area contributed by atoms with E-state index in [0.29, 0.717) is 0 Å². The van der Waals surface area contributed by atoms with Gasteiger partial charge in [-0.2, -0.15) is 0 Å². The van der Waals surface area contributed by atoms with Gasteiger partial charge in [0, 0.05) is 0 Å². The molecule has 1 aromatic carbocycles. The summed E-state index contributed by atoms with van der Waals surface area (Å²) in [7, 11) is -4.42. The normalized spacial score (nSPS) is 12.6. The van der Waals surface area contributed by atoms with Gasteiger partial charge in [-0.3, -0.25) is 15.1 Å². The molecule has 0 N–H and O–H groups in total. The lowest BCUT2D eigenvalue weighted by Crippen LogP contribution is -2.21. The molecular formula is C14H12ClFN4O4S2. The first-order valence-corrected chi connectivity index (χ1v) is 10.1. The molecule has 0 saturated heterocycles. The zero-order valence-electron chi connectivity index (χ0n) is 13.3. The Labute approximate surface area is 157 Å². The number of sulfone groups is 1. The van der Waals surface area contributed by atoms with Gasteiger partial charge in [-0.15, -0.1) is 0 Å². The average Bonchev–Trinajstić information content (AvgIpc) is 2.58. The highest BCUT2D eigenvalue weighted by Crippen LogP contribution is 2.38. The van der Waals surface area contributed by atoms with Crippen LogP contribution >= 0.6 is 23.4 Å². The fourth-order valence-corrected chi connectivity index (χ4v) is 4.53. The van der Waals surface area contributed by atoms with E-state index >= 15 is 0 Å². The largest absolute Gasteiger partial charge is 0.329 e. The number of benzene rings is 1. The number of rotatable bonds is 7. The minimum Gasteiger partial charge on any atom is -0.299 e. The quantitative estimate of drug-likeness (QED) is 0.169. The molecule has 1 heterocycles. The first-order valence-electron chi connectivity index (χ1n) is 6.90. The van der Waals surface area contributed by atoms with Gasteiger partial charge < -0.3 is 0 Å². The summed E-state index contributed by atoms with van der Waals surface area (Å²) in [6.07, 6.45) is 1.59. The zero-order chi connectivity index (χ0) is 19.5. The van der Waals surface area contributed by atoms with Crippen LogP contribution < -0.4 is 0 Å². The van der Waals surface area contributed by atoms with E-state index in [1.54, 1.807) is 6.26 Å². The first kappa shape index (κ1) is 20.2. The molecule has 0 aliphatic heterocycles. The summed E-state index contributed by atoms with van der Waals surface area (Å²) in [5, 5.41) is 9.27. The minimum absolute atomic E-state index is 0.0356. The van der Waals surface area contributed by atoms with Crippen molar-refractivity contribution in [3.05, 3.63) is 51.0 Å². The average molecular weight is 419 g/mol. The summed E-state index contributed by atoms with van der Waals surface area (Å²) >= 11 is 6.88. The Morgan fingerprint density at radius 1 is 1.42 bits per heavy atom. The maximum atomic E-state index is 14.1. The molecule has 0 bridgehead atoms. The minimum atomic E-state index is -4.42. The van der Waals surface area contributed by atoms with E-state index in [4.69, 9.17) is 11.6 Å². The van der Waals surface area contributed by atoms with Crippen molar-refractivity contribution in [3.8, 4) is 0 Å². The number of nitro groups is 1. The Morgan fingerprint density at radius 2 is 2.08 bits per heavy atom. The van der Waals surface area contributed by atoms with Crippen LogP contribution in [0.5, 0.6) is 0 Å². The number of aliphatic imine (C=N–C) groups is 1. The molecule has 0 aliphatic carbocycles. The summed E-state index contributed by atoms with van der Waals surface area (Å²) in [6.45, 7) is 2.76. The van der Waals surface area contributed by atoms with Gasteiger partial charge in [-0.25, -0.2) is 22.8 Å².